The maximum Gasteiger partial charge on any atom is 0.140 e. The first-order valence-corrected chi connectivity index (χ1v) is 18.2. The lowest BCUT2D eigenvalue weighted by molar-refractivity contribution is 0.182. The standard InChI is InChI=1S/C38H45N7.C2H5N/c1-26-19-27-7-3-4-8-32(27)34(20-26)28-9-12-33-35(21-28)40-36(13-16-38-14-5-17-44(38)18-6-15-38)41-37(33)43-24-29-10-11-30(25-43)45(29)31-22-39-42(2)23-31;1-2-3/h4,8-9,12,19-23,29-30H,3,5-7,10-11,13-18,24-25H2,1-2H3;2H,1,3H2. The number of rotatable bonds is 6. The lowest BCUT2D eigenvalue weighted by Gasteiger charge is -2.42. The lowest BCUT2D eigenvalue weighted by Crippen LogP contribution is -2.54. The monoisotopic (exact) mass is 642 g/mol. The summed E-state index contributed by atoms with van der Waals surface area (Å²) in [6.45, 7) is 9.90. The number of nitrogens with zero attached hydrogens (tertiary/aromatic N) is 7. The third-order valence-corrected chi connectivity index (χ3v) is 11.7. The molecule has 9 rings (SSSR count). The third-order valence-electron chi connectivity index (χ3n) is 11.7. The van der Waals surface area contributed by atoms with Crippen LogP contribution in [0.5, 0.6) is 0 Å². The molecule has 1 aliphatic carbocycles. The van der Waals surface area contributed by atoms with E-state index >= 15 is 0 Å². The van der Waals surface area contributed by atoms with Crippen LogP contribution in [0, 0.1) is 6.92 Å². The second-order valence-corrected chi connectivity index (χ2v) is 14.7. The minimum absolute atomic E-state index is 0.377. The number of hydrogen-bond donors (Lipinski definition) is 1. The summed E-state index contributed by atoms with van der Waals surface area (Å²) in [6, 6.07) is 12.7. The van der Waals surface area contributed by atoms with Crippen molar-refractivity contribution in [3.8, 4) is 11.1 Å². The molecule has 6 heterocycles. The first-order valence-electron chi connectivity index (χ1n) is 18.2. The smallest absolute Gasteiger partial charge is 0.140 e. The average Bonchev–Trinajstić information content (AvgIpc) is 3.85. The van der Waals surface area contributed by atoms with Crippen molar-refractivity contribution >= 4 is 28.5 Å². The molecule has 5 aliphatic rings. The molecule has 0 radical (unpaired) electrons. The van der Waals surface area contributed by atoms with Gasteiger partial charge in [-0.2, -0.15) is 5.10 Å². The predicted molar refractivity (Wildman–Crippen MR) is 197 cm³/mol. The summed E-state index contributed by atoms with van der Waals surface area (Å²) in [4.78, 5) is 18.8. The average molecular weight is 643 g/mol. The van der Waals surface area contributed by atoms with Gasteiger partial charge in [0.15, 0.2) is 0 Å². The number of aromatic nitrogens is 4. The molecule has 250 valence electrons. The molecule has 0 spiro atoms. The molecular weight excluding hydrogens is 592 g/mol. The summed E-state index contributed by atoms with van der Waals surface area (Å²) >= 11 is 0. The molecule has 0 saturated carbocycles. The van der Waals surface area contributed by atoms with Crippen molar-refractivity contribution < 1.29 is 0 Å². The van der Waals surface area contributed by atoms with Crippen LogP contribution in [0.1, 0.15) is 73.9 Å². The van der Waals surface area contributed by atoms with Gasteiger partial charge in [0, 0.05) is 55.8 Å². The van der Waals surface area contributed by atoms with Gasteiger partial charge in [0.1, 0.15) is 11.6 Å². The van der Waals surface area contributed by atoms with Gasteiger partial charge in [-0.25, -0.2) is 9.97 Å². The molecular formula is C40H50N8. The number of benzene rings is 2. The lowest BCUT2D eigenvalue weighted by atomic mass is 9.88. The van der Waals surface area contributed by atoms with Gasteiger partial charge in [-0.3, -0.25) is 9.58 Å². The Hall–Kier alpha value is -4.17. The molecule has 2 aromatic heterocycles. The van der Waals surface area contributed by atoms with Crippen LogP contribution >= 0.6 is 0 Å². The fourth-order valence-electron chi connectivity index (χ4n) is 9.65. The van der Waals surface area contributed by atoms with Gasteiger partial charge in [0.25, 0.3) is 0 Å². The molecule has 2 atom stereocenters. The van der Waals surface area contributed by atoms with Gasteiger partial charge < -0.3 is 15.5 Å². The van der Waals surface area contributed by atoms with Crippen LogP contribution in [0.4, 0.5) is 11.5 Å². The van der Waals surface area contributed by atoms with E-state index in [1.807, 2.05) is 17.9 Å². The van der Waals surface area contributed by atoms with Gasteiger partial charge in [0.2, 0.25) is 0 Å². The van der Waals surface area contributed by atoms with E-state index in [4.69, 9.17) is 9.97 Å². The zero-order chi connectivity index (χ0) is 32.8. The maximum absolute atomic E-state index is 5.43. The van der Waals surface area contributed by atoms with E-state index in [-0.39, 0.29) is 0 Å². The largest absolute Gasteiger partial charge is 0.405 e. The minimum Gasteiger partial charge on any atom is -0.405 e. The second kappa shape index (κ2) is 12.7. The molecule has 0 amide bonds. The van der Waals surface area contributed by atoms with Gasteiger partial charge in [-0.1, -0.05) is 42.5 Å². The van der Waals surface area contributed by atoms with Crippen molar-refractivity contribution in [2.24, 2.45) is 12.8 Å². The van der Waals surface area contributed by atoms with E-state index in [1.165, 1.54) is 103 Å². The van der Waals surface area contributed by atoms with Crippen LogP contribution in [0.2, 0.25) is 0 Å². The van der Waals surface area contributed by atoms with Crippen LogP contribution in [0.15, 0.2) is 61.6 Å². The summed E-state index contributed by atoms with van der Waals surface area (Å²) in [6.07, 6.45) is 22.3. The van der Waals surface area contributed by atoms with Crippen molar-refractivity contribution in [1.29, 1.82) is 0 Å². The number of hydrogen-bond acceptors (Lipinski definition) is 7. The summed E-state index contributed by atoms with van der Waals surface area (Å²) in [5, 5.41) is 5.68. The fraction of sp³-hybridized carbons (Fsp3) is 0.475. The molecule has 2 aromatic carbocycles. The van der Waals surface area contributed by atoms with E-state index in [0.717, 1.165) is 49.5 Å². The van der Waals surface area contributed by atoms with Crippen LogP contribution in [0.3, 0.4) is 0 Å². The van der Waals surface area contributed by atoms with Crippen molar-refractivity contribution in [3.63, 3.8) is 0 Å². The Morgan fingerprint density at radius 3 is 2.54 bits per heavy atom. The molecule has 4 fully saturated rings. The van der Waals surface area contributed by atoms with Crippen molar-refractivity contribution in [2.75, 3.05) is 36.0 Å². The highest BCUT2D eigenvalue weighted by Gasteiger charge is 2.44. The van der Waals surface area contributed by atoms with Crippen LogP contribution in [0.25, 0.3) is 28.1 Å². The molecule has 2 N–H and O–H groups in total. The zero-order valence-electron chi connectivity index (χ0n) is 28.7. The summed E-state index contributed by atoms with van der Waals surface area (Å²) < 4.78 is 1.93. The quantitative estimate of drug-likeness (QED) is 0.248. The first-order chi connectivity index (χ1) is 23.4. The number of fused-ring (bicyclic) bond motifs is 5. The summed E-state index contributed by atoms with van der Waals surface area (Å²) in [5.41, 5.74) is 14.1. The van der Waals surface area contributed by atoms with Gasteiger partial charge >= 0.3 is 0 Å². The van der Waals surface area contributed by atoms with Crippen LogP contribution in [-0.4, -0.2) is 68.4 Å². The highest BCUT2D eigenvalue weighted by Crippen LogP contribution is 2.43. The van der Waals surface area contributed by atoms with Crippen LogP contribution in [-0.2, 0) is 19.9 Å². The van der Waals surface area contributed by atoms with E-state index in [0.29, 0.717) is 17.6 Å². The molecule has 8 heteroatoms. The number of nitrogens with two attached hydrogens (primary N) is 1. The molecule has 8 nitrogen and oxygen atoms in total. The van der Waals surface area contributed by atoms with E-state index < -0.39 is 0 Å². The Morgan fingerprint density at radius 2 is 1.81 bits per heavy atom. The van der Waals surface area contributed by atoms with E-state index in [1.54, 1.807) is 0 Å². The number of allylic oxidation sites excluding steroid dienone is 1. The molecule has 4 aromatic rings. The Labute approximate surface area is 285 Å². The highest BCUT2D eigenvalue weighted by molar-refractivity contribution is 5.94. The maximum atomic E-state index is 5.43. The Balaban J connectivity index is 0.00000108. The third kappa shape index (κ3) is 5.58. The second-order valence-electron chi connectivity index (χ2n) is 14.7. The first kappa shape index (κ1) is 31.1. The normalized spacial score (nSPS) is 22.5. The predicted octanol–water partition coefficient (Wildman–Crippen LogP) is 6.81. The summed E-state index contributed by atoms with van der Waals surface area (Å²) in [5.74, 6) is 2.17. The molecule has 4 saturated heterocycles. The van der Waals surface area contributed by atoms with E-state index in [2.05, 4.69) is 87.7 Å². The van der Waals surface area contributed by atoms with Crippen molar-refractivity contribution in [2.45, 2.75) is 88.8 Å². The zero-order valence-corrected chi connectivity index (χ0v) is 28.7. The van der Waals surface area contributed by atoms with Gasteiger partial charge in [-0.15, -0.1) is 0 Å². The highest BCUT2D eigenvalue weighted by atomic mass is 15.4. The van der Waals surface area contributed by atoms with Crippen LogP contribution < -0.4 is 15.5 Å². The Bertz CT molecular complexity index is 1830. The number of piperazine rings is 1. The fourth-order valence-corrected chi connectivity index (χ4v) is 9.65. The number of aryl methyl sites for hydroxylation is 4. The number of anilines is 2. The Morgan fingerprint density at radius 1 is 1.04 bits per heavy atom. The molecule has 2 unspecified atom stereocenters. The van der Waals surface area contributed by atoms with Gasteiger partial charge in [0.05, 0.1) is 17.4 Å². The van der Waals surface area contributed by atoms with E-state index in [9.17, 15) is 0 Å². The minimum atomic E-state index is 0.377. The molecule has 48 heavy (non-hydrogen) atoms. The van der Waals surface area contributed by atoms with Crippen molar-refractivity contribution in [1.82, 2.24) is 24.6 Å². The van der Waals surface area contributed by atoms with Crippen molar-refractivity contribution in [3.05, 3.63) is 84.1 Å². The molecule has 4 aliphatic heterocycles. The topological polar surface area (TPSA) is 79.3 Å². The Kier molecular flexibility index (Phi) is 8.23. The summed E-state index contributed by atoms with van der Waals surface area (Å²) in [7, 11) is 2.02. The molecule has 2 bridgehead atoms. The van der Waals surface area contributed by atoms with Gasteiger partial charge in [-0.05, 0) is 118 Å². The SMILES string of the molecule is C=CN.Cc1cc2c(c(-c3ccc4c(N5CC6CCC(C5)N6c5cnn(C)c5)nc(CCC56CCCN5CCC6)nc4c3)c1)C=CCC2.